The maximum Gasteiger partial charge on any atom is 0.148 e. The molecule has 5 N–H and O–H groups in total. The van der Waals surface area contributed by atoms with Gasteiger partial charge in [0, 0.05) is 61.9 Å². The molecule has 36 heavy (non-hydrogen) atoms. The lowest BCUT2D eigenvalue weighted by Gasteiger charge is -2.33. The highest BCUT2D eigenvalue weighted by Crippen LogP contribution is 2.30. The van der Waals surface area contributed by atoms with Crippen LogP contribution in [0.3, 0.4) is 0 Å². The monoisotopic (exact) mass is 536 g/mol. The first-order valence-electron chi connectivity index (χ1n) is 12.6. The Morgan fingerprint density at radius 3 is 2.58 bits per heavy atom. The Morgan fingerprint density at radius 2 is 1.86 bits per heavy atom. The second-order valence-electron chi connectivity index (χ2n) is 10.1. The highest BCUT2D eigenvalue weighted by atomic mass is 35.5. The number of aromatic nitrogens is 2. The van der Waals surface area contributed by atoms with E-state index in [1.165, 1.54) is 6.26 Å². The lowest BCUT2D eigenvalue weighted by molar-refractivity contribution is 0.0574. The predicted molar refractivity (Wildman–Crippen MR) is 145 cm³/mol. The number of nitrogens with one attached hydrogen (secondary N) is 3. The van der Waals surface area contributed by atoms with Gasteiger partial charge in [-0.1, -0.05) is 17.7 Å². The van der Waals surface area contributed by atoms with Crippen LogP contribution in [-0.4, -0.2) is 74.3 Å². The molecule has 1 saturated carbocycles. The Morgan fingerprint density at radius 1 is 1.14 bits per heavy atom. The number of sulfone groups is 1. The van der Waals surface area contributed by atoms with Gasteiger partial charge < -0.3 is 26.4 Å². The number of pyridine rings is 2. The Labute approximate surface area is 218 Å². The maximum atomic E-state index is 11.3. The molecule has 1 saturated heterocycles. The van der Waals surface area contributed by atoms with Crippen LogP contribution in [0.5, 0.6) is 0 Å². The van der Waals surface area contributed by atoms with Gasteiger partial charge in [0.05, 0.1) is 16.5 Å². The summed E-state index contributed by atoms with van der Waals surface area (Å²) in [6.45, 7) is 2.52. The number of nitrogens with zero attached hydrogens (tertiary/aromatic N) is 2. The van der Waals surface area contributed by atoms with Crippen LogP contribution in [0.2, 0.25) is 5.02 Å². The van der Waals surface area contributed by atoms with E-state index in [1.807, 2.05) is 24.3 Å². The molecule has 11 heteroatoms. The molecule has 0 spiro atoms. The highest BCUT2D eigenvalue weighted by molar-refractivity contribution is 7.90. The predicted octanol–water partition coefficient (Wildman–Crippen LogP) is 3.07. The van der Waals surface area contributed by atoms with Gasteiger partial charge in [-0.3, -0.25) is 0 Å². The molecule has 0 atom stereocenters. The van der Waals surface area contributed by atoms with Crippen molar-refractivity contribution in [1.82, 2.24) is 15.3 Å². The lowest BCUT2D eigenvalue weighted by atomic mass is 9.91. The Hall–Kier alpha value is -1.98. The van der Waals surface area contributed by atoms with Crippen molar-refractivity contribution in [3.8, 4) is 11.3 Å². The van der Waals surface area contributed by atoms with E-state index in [0.717, 1.165) is 61.4 Å². The van der Waals surface area contributed by atoms with Gasteiger partial charge in [-0.05, 0) is 56.7 Å². The number of rotatable bonds is 10. The number of anilines is 2. The Kier molecular flexibility index (Phi) is 9.05. The standard InChI is InChI=1S/C25H37ClN6O3S/c1-36(33,34)14-11-28-18-5-7-19(8-6-18)31-24-15-20(21(26)16-29-24)22-3-2-4-23(32-22)30-17-25(27)9-12-35-13-10-25/h2-4,15-16,18-19,28H,5-14,17,27H2,1H3,(H,29,31)(H,30,32). The van der Waals surface area contributed by atoms with Crippen molar-refractivity contribution in [3.63, 3.8) is 0 Å². The van der Waals surface area contributed by atoms with Crippen molar-refractivity contribution in [3.05, 3.63) is 35.5 Å². The van der Waals surface area contributed by atoms with E-state index in [0.29, 0.717) is 43.4 Å². The molecule has 3 heterocycles. The molecule has 9 nitrogen and oxygen atoms in total. The zero-order valence-electron chi connectivity index (χ0n) is 20.8. The molecule has 198 valence electrons. The average molecular weight is 537 g/mol. The first kappa shape index (κ1) is 27.1. The van der Waals surface area contributed by atoms with Crippen LogP contribution in [-0.2, 0) is 14.6 Å². The quantitative estimate of drug-likeness (QED) is 0.361. The summed E-state index contributed by atoms with van der Waals surface area (Å²) in [5, 5.41) is 10.8. The van der Waals surface area contributed by atoms with Gasteiger partial charge in [0.2, 0.25) is 0 Å². The van der Waals surface area contributed by atoms with Crippen LogP contribution < -0.4 is 21.7 Å². The third-order valence-electron chi connectivity index (χ3n) is 6.98. The molecule has 2 aliphatic rings. The van der Waals surface area contributed by atoms with Gasteiger partial charge in [-0.2, -0.15) is 0 Å². The van der Waals surface area contributed by atoms with E-state index in [-0.39, 0.29) is 11.3 Å². The zero-order chi connectivity index (χ0) is 25.6. The smallest absolute Gasteiger partial charge is 0.148 e. The summed E-state index contributed by atoms with van der Waals surface area (Å²) in [5.74, 6) is 1.70. The summed E-state index contributed by atoms with van der Waals surface area (Å²) in [4.78, 5) is 9.26. The van der Waals surface area contributed by atoms with Crippen molar-refractivity contribution >= 4 is 33.1 Å². The molecule has 1 aliphatic carbocycles. The van der Waals surface area contributed by atoms with Crippen LogP contribution in [0.25, 0.3) is 11.3 Å². The van der Waals surface area contributed by atoms with E-state index in [4.69, 9.17) is 27.1 Å². The number of halogens is 1. The molecule has 4 rings (SSSR count). The molecule has 1 aliphatic heterocycles. The van der Waals surface area contributed by atoms with Crippen molar-refractivity contribution in [1.29, 1.82) is 0 Å². The molecule has 0 radical (unpaired) electrons. The largest absolute Gasteiger partial charge is 0.381 e. The molecule has 0 amide bonds. The second kappa shape index (κ2) is 12.0. The van der Waals surface area contributed by atoms with Gasteiger partial charge in [-0.25, -0.2) is 18.4 Å². The normalized spacial score (nSPS) is 22.2. The number of ether oxygens (including phenoxy) is 1. The average Bonchev–Trinajstić information content (AvgIpc) is 2.85. The molecule has 2 aromatic heterocycles. The van der Waals surface area contributed by atoms with Crippen LogP contribution in [0.4, 0.5) is 11.6 Å². The molecule has 2 aromatic rings. The third-order valence-corrected chi connectivity index (χ3v) is 8.22. The van der Waals surface area contributed by atoms with E-state index >= 15 is 0 Å². The van der Waals surface area contributed by atoms with Crippen molar-refractivity contribution in [2.24, 2.45) is 5.73 Å². The lowest BCUT2D eigenvalue weighted by Crippen LogP contribution is -2.50. The van der Waals surface area contributed by atoms with E-state index in [9.17, 15) is 8.42 Å². The maximum absolute atomic E-state index is 11.3. The molecular weight excluding hydrogens is 500 g/mol. The van der Waals surface area contributed by atoms with E-state index in [2.05, 4.69) is 20.9 Å². The van der Waals surface area contributed by atoms with Crippen LogP contribution in [0, 0.1) is 0 Å². The van der Waals surface area contributed by atoms with E-state index < -0.39 is 9.84 Å². The summed E-state index contributed by atoms with van der Waals surface area (Å²) < 4.78 is 28.1. The highest BCUT2D eigenvalue weighted by Gasteiger charge is 2.28. The fraction of sp³-hybridized carbons (Fsp3) is 0.600. The minimum absolute atomic E-state index is 0.176. The first-order valence-corrected chi connectivity index (χ1v) is 15.0. The van der Waals surface area contributed by atoms with Crippen LogP contribution in [0.15, 0.2) is 30.5 Å². The summed E-state index contributed by atoms with van der Waals surface area (Å²) in [5.41, 5.74) is 7.81. The molecule has 2 fully saturated rings. The van der Waals surface area contributed by atoms with Gasteiger partial charge in [0.15, 0.2) is 0 Å². The molecule has 0 aromatic carbocycles. The fourth-order valence-electron chi connectivity index (χ4n) is 4.72. The molecule has 0 bridgehead atoms. The number of hydrogen-bond acceptors (Lipinski definition) is 9. The summed E-state index contributed by atoms with van der Waals surface area (Å²) in [6, 6.07) is 8.44. The van der Waals surface area contributed by atoms with Gasteiger partial charge in [0.25, 0.3) is 0 Å². The van der Waals surface area contributed by atoms with Gasteiger partial charge in [-0.15, -0.1) is 0 Å². The van der Waals surface area contributed by atoms with Gasteiger partial charge >= 0.3 is 0 Å². The topological polar surface area (TPSA) is 131 Å². The van der Waals surface area contributed by atoms with Crippen molar-refractivity contribution in [2.45, 2.75) is 56.1 Å². The van der Waals surface area contributed by atoms with Crippen molar-refractivity contribution in [2.75, 3.05) is 48.9 Å². The minimum atomic E-state index is -2.93. The number of hydrogen-bond donors (Lipinski definition) is 4. The second-order valence-corrected chi connectivity index (χ2v) is 12.7. The summed E-state index contributed by atoms with van der Waals surface area (Å²) in [6.07, 6.45) is 8.54. The number of nitrogens with two attached hydrogens (primary N) is 1. The first-order chi connectivity index (χ1) is 17.2. The van der Waals surface area contributed by atoms with Gasteiger partial charge in [0.1, 0.15) is 21.5 Å². The Bertz CT molecular complexity index is 1120. The van der Waals surface area contributed by atoms with Crippen LogP contribution in [0.1, 0.15) is 38.5 Å². The fourth-order valence-corrected chi connectivity index (χ4v) is 5.41. The molecule has 0 unspecified atom stereocenters. The van der Waals surface area contributed by atoms with Crippen LogP contribution >= 0.6 is 11.6 Å². The van der Waals surface area contributed by atoms with Crippen molar-refractivity contribution < 1.29 is 13.2 Å². The van der Waals surface area contributed by atoms with E-state index in [1.54, 1.807) is 6.20 Å². The zero-order valence-corrected chi connectivity index (χ0v) is 22.4. The Balaban J connectivity index is 1.33. The molecular formula is C25H37ClN6O3S. The minimum Gasteiger partial charge on any atom is -0.381 e. The summed E-state index contributed by atoms with van der Waals surface area (Å²) in [7, 11) is -2.93. The third kappa shape index (κ3) is 8.01. The SMILES string of the molecule is CS(=O)(=O)CCNC1CCC(Nc2cc(-c3cccc(NCC4(N)CCOCC4)n3)c(Cl)cn2)CC1. The summed E-state index contributed by atoms with van der Waals surface area (Å²) >= 11 is 6.51.